The molecule has 3 nitrogen and oxygen atoms in total. The lowest BCUT2D eigenvalue weighted by Gasteiger charge is -2.22. The fraction of sp³-hybridized carbons (Fsp3) is 0.615. The van der Waals surface area contributed by atoms with E-state index in [-0.39, 0.29) is 0 Å². The number of rotatable bonds is 3. The molecule has 16 heavy (non-hydrogen) atoms. The summed E-state index contributed by atoms with van der Waals surface area (Å²) in [6, 6.07) is 0.356. The zero-order chi connectivity index (χ0) is 11.5. The first-order valence-electron chi connectivity index (χ1n) is 6.08. The van der Waals surface area contributed by atoms with Crippen LogP contribution in [0, 0.1) is 6.92 Å². The van der Waals surface area contributed by atoms with Crippen molar-refractivity contribution in [3.05, 3.63) is 29.1 Å². The lowest BCUT2D eigenvalue weighted by Crippen LogP contribution is -2.20. The van der Waals surface area contributed by atoms with Crippen LogP contribution in [0.5, 0.6) is 0 Å². The number of aryl methyl sites for hydroxylation is 1. The standard InChI is InChI=1S/C13H21N3/c1-10-12(9-15-16(10)3)13(14-2)11-7-5-4-6-8-11/h7,9,13-14H,4-6,8H2,1-3H3. The predicted octanol–water partition coefficient (Wildman–Crippen LogP) is 2.49. The highest BCUT2D eigenvalue weighted by atomic mass is 15.3. The van der Waals surface area contributed by atoms with E-state index in [9.17, 15) is 0 Å². The minimum atomic E-state index is 0.356. The fourth-order valence-electron chi connectivity index (χ4n) is 2.46. The van der Waals surface area contributed by atoms with Gasteiger partial charge < -0.3 is 5.32 Å². The van der Waals surface area contributed by atoms with E-state index < -0.39 is 0 Å². The number of likely N-dealkylation sites (N-methyl/N-ethyl adjacent to an activating group) is 1. The van der Waals surface area contributed by atoms with E-state index >= 15 is 0 Å². The number of allylic oxidation sites excluding steroid dienone is 1. The molecule has 0 aromatic carbocycles. The van der Waals surface area contributed by atoms with Gasteiger partial charge >= 0.3 is 0 Å². The molecule has 1 aliphatic carbocycles. The van der Waals surface area contributed by atoms with Crippen molar-refractivity contribution in [2.24, 2.45) is 7.05 Å². The smallest absolute Gasteiger partial charge is 0.0567 e. The van der Waals surface area contributed by atoms with Crippen LogP contribution in [0.4, 0.5) is 0 Å². The molecule has 1 N–H and O–H groups in total. The van der Waals surface area contributed by atoms with E-state index in [4.69, 9.17) is 0 Å². The van der Waals surface area contributed by atoms with Crippen LogP contribution in [-0.4, -0.2) is 16.8 Å². The summed E-state index contributed by atoms with van der Waals surface area (Å²) in [4.78, 5) is 0. The quantitative estimate of drug-likeness (QED) is 0.792. The van der Waals surface area contributed by atoms with Crippen LogP contribution in [0.1, 0.15) is 43.0 Å². The van der Waals surface area contributed by atoms with Crippen molar-refractivity contribution in [1.29, 1.82) is 0 Å². The Kier molecular flexibility index (Phi) is 3.44. The summed E-state index contributed by atoms with van der Waals surface area (Å²) in [5.74, 6) is 0. The third-order valence-electron chi connectivity index (χ3n) is 3.57. The minimum absolute atomic E-state index is 0.356. The molecule has 88 valence electrons. The highest BCUT2D eigenvalue weighted by molar-refractivity contribution is 5.30. The molecule has 1 aliphatic rings. The summed E-state index contributed by atoms with van der Waals surface area (Å²) in [6.07, 6.45) is 9.50. The molecule has 0 saturated carbocycles. The van der Waals surface area contributed by atoms with E-state index in [1.807, 2.05) is 25.0 Å². The van der Waals surface area contributed by atoms with Crippen molar-refractivity contribution in [1.82, 2.24) is 15.1 Å². The van der Waals surface area contributed by atoms with E-state index in [2.05, 4.69) is 23.4 Å². The molecule has 1 atom stereocenters. The molecule has 0 bridgehead atoms. The molecule has 0 aliphatic heterocycles. The molecule has 3 heteroatoms. The molecular formula is C13H21N3. The number of nitrogens with one attached hydrogen (secondary N) is 1. The summed E-state index contributed by atoms with van der Waals surface area (Å²) in [5, 5.41) is 7.75. The third kappa shape index (κ3) is 2.05. The molecule has 1 heterocycles. The Morgan fingerprint density at radius 3 is 2.75 bits per heavy atom. The molecule has 1 aromatic rings. The average Bonchev–Trinajstić information content (AvgIpc) is 2.64. The van der Waals surface area contributed by atoms with Gasteiger partial charge in [0.05, 0.1) is 12.2 Å². The highest BCUT2D eigenvalue weighted by Gasteiger charge is 2.20. The summed E-state index contributed by atoms with van der Waals surface area (Å²) >= 11 is 0. The topological polar surface area (TPSA) is 29.9 Å². The van der Waals surface area contributed by atoms with Crippen LogP contribution in [-0.2, 0) is 7.05 Å². The normalized spacial score (nSPS) is 18.3. The maximum absolute atomic E-state index is 4.33. The van der Waals surface area contributed by atoms with Gasteiger partial charge in [0, 0.05) is 18.3 Å². The number of hydrogen-bond acceptors (Lipinski definition) is 2. The minimum Gasteiger partial charge on any atom is -0.309 e. The van der Waals surface area contributed by atoms with Gasteiger partial charge in [-0.05, 0) is 39.7 Å². The molecule has 0 spiro atoms. The number of aromatic nitrogens is 2. The Morgan fingerprint density at radius 2 is 2.25 bits per heavy atom. The monoisotopic (exact) mass is 219 g/mol. The van der Waals surface area contributed by atoms with Gasteiger partial charge in [-0.15, -0.1) is 0 Å². The Hall–Kier alpha value is -1.09. The van der Waals surface area contributed by atoms with Crippen molar-refractivity contribution in [2.45, 2.75) is 38.6 Å². The molecule has 0 amide bonds. The molecule has 0 fully saturated rings. The first-order valence-corrected chi connectivity index (χ1v) is 6.08. The summed E-state index contributed by atoms with van der Waals surface area (Å²) in [6.45, 7) is 2.13. The zero-order valence-electron chi connectivity index (χ0n) is 10.5. The molecule has 0 saturated heterocycles. The van der Waals surface area contributed by atoms with Crippen LogP contribution in [0.25, 0.3) is 0 Å². The molecular weight excluding hydrogens is 198 g/mol. The molecule has 1 aromatic heterocycles. The first kappa shape index (κ1) is 11.4. The second kappa shape index (κ2) is 4.83. The molecule has 1 unspecified atom stereocenters. The summed E-state index contributed by atoms with van der Waals surface area (Å²) < 4.78 is 1.95. The van der Waals surface area contributed by atoms with Crippen molar-refractivity contribution in [3.63, 3.8) is 0 Å². The zero-order valence-corrected chi connectivity index (χ0v) is 10.5. The van der Waals surface area contributed by atoms with Gasteiger partial charge in [0.2, 0.25) is 0 Å². The van der Waals surface area contributed by atoms with Gasteiger partial charge in [0.25, 0.3) is 0 Å². The van der Waals surface area contributed by atoms with Crippen molar-refractivity contribution in [2.75, 3.05) is 7.05 Å². The van der Waals surface area contributed by atoms with Gasteiger partial charge in [0.15, 0.2) is 0 Å². The van der Waals surface area contributed by atoms with Gasteiger partial charge in [-0.3, -0.25) is 4.68 Å². The van der Waals surface area contributed by atoms with Crippen molar-refractivity contribution in [3.8, 4) is 0 Å². The Labute approximate surface area is 97.5 Å². The Balaban J connectivity index is 2.28. The maximum Gasteiger partial charge on any atom is 0.0567 e. The van der Waals surface area contributed by atoms with Gasteiger partial charge in [0.1, 0.15) is 0 Å². The Bertz CT molecular complexity index is 390. The molecule has 0 radical (unpaired) electrons. The number of hydrogen-bond donors (Lipinski definition) is 1. The van der Waals surface area contributed by atoms with E-state index in [0.29, 0.717) is 6.04 Å². The van der Waals surface area contributed by atoms with Crippen LogP contribution in [0.15, 0.2) is 17.8 Å². The van der Waals surface area contributed by atoms with E-state index in [0.717, 1.165) is 0 Å². The average molecular weight is 219 g/mol. The summed E-state index contributed by atoms with van der Waals surface area (Å²) in [5.41, 5.74) is 4.11. The fourth-order valence-corrected chi connectivity index (χ4v) is 2.46. The number of nitrogens with zero attached hydrogens (tertiary/aromatic N) is 2. The summed E-state index contributed by atoms with van der Waals surface area (Å²) in [7, 11) is 4.04. The third-order valence-corrected chi connectivity index (χ3v) is 3.57. The van der Waals surface area contributed by atoms with Crippen molar-refractivity contribution < 1.29 is 0 Å². The van der Waals surface area contributed by atoms with Crippen LogP contribution in [0.3, 0.4) is 0 Å². The van der Waals surface area contributed by atoms with Gasteiger partial charge in [-0.2, -0.15) is 5.10 Å². The van der Waals surface area contributed by atoms with Crippen LogP contribution >= 0.6 is 0 Å². The second-order valence-corrected chi connectivity index (χ2v) is 4.56. The first-order chi connectivity index (χ1) is 7.74. The SMILES string of the molecule is CNC(C1=CCCCC1)c1cnn(C)c1C. The largest absolute Gasteiger partial charge is 0.309 e. The lowest BCUT2D eigenvalue weighted by atomic mass is 9.90. The predicted molar refractivity (Wildman–Crippen MR) is 66.3 cm³/mol. The van der Waals surface area contributed by atoms with E-state index in [1.54, 1.807) is 0 Å². The maximum atomic E-state index is 4.33. The van der Waals surface area contributed by atoms with Crippen molar-refractivity contribution >= 4 is 0 Å². The van der Waals surface area contributed by atoms with Crippen LogP contribution < -0.4 is 5.32 Å². The lowest BCUT2D eigenvalue weighted by molar-refractivity contribution is 0.590. The Morgan fingerprint density at radius 1 is 1.44 bits per heavy atom. The van der Waals surface area contributed by atoms with Gasteiger partial charge in [-0.25, -0.2) is 0 Å². The van der Waals surface area contributed by atoms with Crippen LogP contribution in [0.2, 0.25) is 0 Å². The van der Waals surface area contributed by atoms with E-state index in [1.165, 1.54) is 42.5 Å². The molecule has 2 rings (SSSR count). The second-order valence-electron chi connectivity index (χ2n) is 4.56. The highest BCUT2D eigenvalue weighted by Crippen LogP contribution is 2.30. The van der Waals surface area contributed by atoms with Gasteiger partial charge in [-0.1, -0.05) is 11.6 Å².